The van der Waals surface area contributed by atoms with Crippen molar-refractivity contribution < 1.29 is 9.53 Å². The van der Waals surface area contributed by atoms with Crippen molar-refractivity contribution in [2.24, 2.45) is 0 Å². The minimum Gasteiger partial charge on any atom is -0.496 e. The molecule has 4 rings (SSSR count). The van der Waals surface area contributed by atoms with Gasteiger partial charge in [0, 0.05) is 30.8 Å². The highest BCUT2D eigenvalue weighted by Gasteiger charge is 2.23. The fourth-order valence-electron chi connectivity index (χ4n) is 4.37. The van der Waals surface area contributed by atoms with E-state index >= 15 is 0 Å². The number of hydrogen-bond acceptors (Lipinski definition) is 5. The van der Waals surface area contributed by atoms with Crippen LogP contribution in [0.4, 0.5) is 0 Å². The van der Waals surface area contributed by atoms with Gasteiger partial charge >= 0.3 is 0 Å². The zero-order chi connectivity index (χ0) is 23.0. The number of aromatic nitrogens is 2. The Morgan fingerprint density at radius 2 is 1.82 bits per heavy atom. The number of carbonyl (C=O) groups excluding carboxylic acids is 1. The molecule has 0 aliphatic carbocycles. The summed E-state index contributed by atoms with van der Waals surface area (Å²) in [5.41, 5.74) is 3.57. The molecule has 172 valence electrons. The first kappa shape index (κ1) is 22.9. The number of rotatable bonds is 8. The number of para-hydroxylation sites is 1. The van der Waals surface area contributed by atoms with Crippen LogP contribution in [-0.4, -0.2) is 47.5 Å². The lowest BCUT2D eigenvalue weighted by atomic mass is 9.95. The number of amides is 1. The highest BCUT2D eigenvalue weighted by atomic mass is 16.5. The second-order valence-electron chi connectivity index (χ2n) is 8.57. The number of aryl methyl sites for hydroxylation is 1. The van der Waals surface area contributed by atoms with Gasteiger partial charge in [-0.25, -0.2) is 9.97 Å². The maximum atomic E-state index is 12.7. The largest absolute Gasteiger partial charge is 0.496 e. The van der Waals surface area contributed by atoms with Crippen LogP contribution in [0.2, 0.25) is 0 Å². The van der Waals surface area contributed by atoms with Crippen molar-refractivity contribution in [2.45, 2.75) is 38.6 Å². The van der Waals surface area contributed by atoms with Gasteiger partial charge < -0.3 is 15.0 Å². The smallest absolute Gasteiger partial charge is 0.254 e. The zero-order valence-electron chi connectivity index (χ0n) is 19.5. The Labute approximate surface area is 196 Å². The van der Waals surface area contributed by atoms with Crippen LogP contribution in [0.15, 0.2) is 60.8 Å². The number of likely N-dealkylation sites (tertiary alicyclic amines) is 1. The maximum Gasteiger partial charge on any atom is 0.254 e. The molecule has 1 aromatic heterocycles. The van der Waals surface area contributed by atoms with Crippen LogP contribution in [0.25, 0.3) is 0 Å². The third kappa shape index (κ3) is 5.96. The van der Waals surface area contributed by atoms with Crippen molar-refractivity contribution in [1.29, 1.82) is 0 Å². The van der Waals surface area contributed by atoms with Crippen molar-refractivity contribution in [3.63, 3.8) is 0 Å². The van der Waals surface area contributed by atoms with Crippen LogP contribution < -0.4 is 10.1 Å². The van der Waals surface area contributed by atoms with Gasteiger partial charge in [-0.15, -0.1) is 0 Å². The van der Waals surface area contributed by atoms with Crippen molar-refractivity contribution in [1.82, 2.24) is 20.2 Å². The molecule has 6 nitrogen and oxygen atoms in total. The highest BCUT2D eigenvalue weighted by molar-refractivity contribution is 5.94. The first-order valence-electron chi connectivity index (χ1n) is 11.6. The summed E-state index contributed by atoms with van der Waals surface area (Å²) >= 11 is 0. The second-order valence-corrected chi connectivity index (χ2v) is 8.57. The van der Waals surface area contributed by atoms with Gasteiger partial charge in [0.25, 0.3) is 5.91 Å². The number of carbonyl (C=O) groups is 1. The predicted molar refractivity (Wildman–Crippen MR) is 129 cm³/mol. The third-order valence-electron chi connectivity index (χ3n) is 6.39. The number of nitrogens with one attached hydrogen (secondary N) is 1. The fraction of sp³-hybridized carbons (Fsp3) is 0.370. The monoisotopic (exact) mass is 444 g/mol. The van der Waals surface area contributed by atoms with Crippen LogP contribution in [0, 0.1) is 6.92 Å². The van der Waals surface area contributed by atoms with E-state index < -0.39 is 0 Å². The molecule has 1 saturated heterocycles. The molecule has 1 amide bonds. The van der Waals surface area contributed by atoms with Crippen molar-refractivity contribution in [3.8, 4) is 5.75 Å². The molecule has 0 unspecified atom stereocenters. The SMILES string of the molecule is COc1ccccc1CNC(=O)c1cnc(C2CCN(CCc3ccccc3)CC2)nc1C. The second kappa shape index (κ2) is 11.1. The van der Waals surface area contributed by atoms with E-state index in [0.29, 0.717) is 18.0 Å². The Balaban J connectivity index is 1.30. The molecule has 2 heterocycles. The molecule has 1 aliphatic rings. The van der Waals surface area contributed by atoms with Gasteiger partial charge in [0.05, 0.1) is 18.4 Å². The molecule has 1 aliphatic heterocycles. The number of hydrogen-bond donors (Lipinski definition) is 1. The quantitative estimate of drug-likeness (QED) is 0.565. The Kier molecular flexibility index (Phi) is 7.68. The Morgan fingerprint density at radius 3 is 2.55 bits per heavy atom. The number of methoxy groups -OCH3 is 1. The maximum absolute atomic E-state index is 12.7. The molecule has 0 saturated carbocycles. The van der Waals surface area contributed by atoms with Crippen LogP contribution in [0.5, 0.6) is 5.75 Å². The van der Waals surface area contributed by atoms with E-state index in [1.165, 1.54) is 5.56 Å². The topological polar surface area (TPSA) is 67.3 Å². The van der Waals surface area contributed by atoms with Crippen LogP contribution in [0.3, 0.4) is 0 Å². The molecule has 2 aromatic carbocycles. The fourth-order valence-corrected chi connectivity index (χ4v) is 4.37. The normalized spacial score (nSPS) is 14.7. The van der Waals surface area contributed by atoms with Gasteiger partial charge in [-0.05, 0) is 50.9 Å². The van der Waals surface area contributed by atoms with Crippen molar-refractivity contribution in [2.75, 3.05) is 26.7 Å². The van der Waals surface area contributed by atoms with Crippen molar-refractivity contribution >= 4 is 5.91 Å². The average molecular weight is 445 g/mol. The van der Waals surface area contributed by atoms with Gasteiger partial charge in [-0.2, -0.15) is 0 Å². The minimum atomic E-state index is -0.166. The summed E-state index contributed by atoms with van der Waals surface area (Å²) in [7, 11) is 1.63. The molecule has 3 aromatic rings. The molecule has 0 atom stereocenters. The number of benzene rings is 2. The van der Waals surface area contributed by atoms with E-state index in [-0.39, 0.29) is 5.91 Å². The molecule has 1 N–H and O–H groups in total. The first-order valence-corrected chi connectivity index (χ1v) is 11.6. The standard InChI is InChI=1S/C27H32N4O2/c1-20-24(27(32)29-18-23-10-6-7-11-25(23)33-2)19-28-26(30-20)22-13-16-31(17-14-22)15-12-21-8-4-3-5-9-21/h3-11,19,22H,12-18H2,1-2H3,(H,29,32). The summed E-state index contributed by atoms with van der Waals surface area (Å²) in [6, 6.07) is 18.3. The summed E-state index contributed by atoms with van der Waals surface area (Å²) in [5, 5.41) is 2.96. The van der Waals surface area contributed by atoms with Gasteiger partial charge in [0.2, 0.25) is 0 Å². The molecular weight excluding hydrogens is 412 g/mol. The predicted octanol–water partition coefficient (Wildman–Crippen LogP) is 4.15. The summed E-state index contributed by atoms with van der Waals surface area (Å²) < 4.78 is 5.36. The lowest BCUT2D eigenvalue weighted by Crippen LogP contribution is -2.35. The Hall–Kier alpha value is -3.25. The molecule has 0 bridgehead atoms. The van der Waals surface area contributed by atoms with E-state index in [4.69, 9.17) is 9.72 Å². The lowest BCUT2D eigenvalue weighted by molar-refractivity contribution is 0.0949. The zero-order valence-corrected chi connectivity index (χ0v) is 19.5. The van der Waals surface area contributed by atoms with E-state index in [1.54, 1.807) is 13.3 Å². The summed E-state index contributed by atoms with van der Waals surface area (Å²) in [6.07, 6.45) is 4.86. The average Bonchev–Trinajstić information content (AvgIpc) is 2.87. The lowest BCUT2D eigenvalue weighted by Gasteiger charge is -2.31. The summed E-state index contributed by atoms with van der Waals surface area (Å²) in [5.74, 6) is 1.80. The van der Waals surface area contributed by atoms with Gasteiger partial charge in [-0.1, -0.05) is 48.5 Å². The molecular formula is C27H32N4O2. The molecule has 33 heavy (non-hydrogen) atoms. The highest BCUT2D eigenvalue weighted by Crippen LogP contribution is 2.26. The van der Waals surface area contributed by atoms with Crippen LogP contribution in [-0.2, 0) is 13.0 Å². The minimum absolute atomic E-state index is 0.166. The molecule has 1 fully saturated rings. The molecule has 0 spiro atoms. The summed E-state index contributed by atoms with van der Waals surface area (Å²) in [4.78, 5) is 24.5. The van der Waals surface area contributed by atoms with E-state index in [2.05, 4.69) is 45.5 Å². The molecule has 0 radical (unpaired) electrons. The van der Waals surface area contributed by atoms with Crippen LogP contribution >= 0.6 is 0 Å². The van der Waals surface area contributed by atoms with E-state index in [0.717, 1.165) is 61.7 Å². The number of piperidine rings is 1. The van der Waals surface area contributed by atoms with Gasteiger partial charge in [0.15, 0.2) is 0 Å². The molecule has 6 heteroatoms. The van der Waals surface area contributed by atoms with Crippen molar-refractivity contribution in [3.05, 3.63) is 89.0 Å². The van der Waals surface area contributed by atoms with E-state index in [1.807, 2.05) is 31.2 Å². The third-order valence-corrected chi connectivity index (χ3v) is 6.39. The Morgan fingerprint density at radius 1 is 1.09 bits per heavy atom. The number of ether oxygens (including phenoxy) is 1. The first-order chi connectivity index (χ1) is 16.1. The number of nitrogens with zero attached hydrogens (tertiary/aromatic N) is 3. The van der Waals surface area contributed by atoms with E-state index in [9.17, 15) is 4.79 Å². The van der Waals surface area contributed by atoms with Crippen LogP contribution in [0.1, 0.15) is 51.8 Å². The Bertz CT molecular complexity index is 1060. The summed E-state index contributed by atoms with van der Waals surface area (Å²) in [6.45, 7) is 5.48. The van der Waals surface area contributed by atoms with Gasteiger partial charge in [-0.3, -0.25) is 4.79 Å². The van der Waals surface area contributed by atoms with Gasteiger partial charge in [0.1, 0.15) is 11.6 Å².